The molecule has 2 atom stereocenters. The van der Waals surface area contributed by atoms with E-state index in [1.165, 1.54) is 10.5 Å². The minimum Gasteiger partial charge on any atom is -0.504 e. The van der Waals surface area contributed by atoms with Gasteiger partial charge in [0, 0.05) is 12.0 Å². The Balaban J connectivity index is 1.69. The molecule has 3 aliphatic rings. The van der Waals surface area contributed by atoms with Crippen LogP contribution in [-0.2, 0) is 6.42 Å². The summed E-state index contributed by atoms with van der Waals surface area (Å²) < 4.78 is 16.4. The highest BCUT2D eigenvalue weighted by Crippen LogP contribution is 2.34. The lowest BCUT2D eigenvalue weighted by Gasteiger charge is -2.32. The molecule has 0 saturated heterocycles. The Kier molecular flexibility index (Phi) is 2.82. The summed E-state index contributed by atoms with van der Waals surface area (Å²) in [6.45, 7) is 1.28. The number of fused-ring (bicyclic) bond motifs is 6. The Hall–Kier alpha value is -2.66. The fourth-order valence-electron chi connectivity index (χ4n) is 3.96. The lowest BCUT2D eigenvalue weighted by molar-refractivity contribution is -0.844. The fraction of sp³-hybridized carbons (Fsp3) is 0.263. The molecule has 5 nitrogen and oxygen atoms in total. The molecule has 2 aromatic rings. The highest BCUT2D eigenvalue weighted by Gasteiger charge is 2.32. The first-order valence-corrected chi connectivity index (χ1v) is 8.12. The number of nitrogens with one attached hydrogen (secondary N) is 1. The predicted molar refractivity (Wildman–Crippen MR) is 87.7 cm³/mol. The summed E-state index contributed by atoms with van der Waals surface area (Å²) in [6.07, 6.45) is 5.44. The summed E-state index contributed by atoms with van der Waals surface area (Å²) in [5.74, 6) is 2.40. The number of rotatable bonds is 1. The van der Waals surface area contributed by atoms with E-state index in [4.69, 9.17) is 14.2 Å². The number of phenols is 1. The van der Waals surface area contributed by atoms with Crippen LogP contribution < -0.4 is 29.5 Å². The van der Waals surface area contributed by atoms with Gasteiger partial charge in [0.15, 0.2) is 23.0 Å². The van der Waals surface area contributed by atoms with E-state index in [2.05, 4.69) is 18.3 Å². The Morgan fingerprint density at radius 3 is 3.04 bits per heavy atom. The first-order chi connectivity index (χ1) is 11.7. The fourth-order valence-corrected chi connectivity index (χ4v) is 3.96. The topological polar surface area (TPSA) is 52.4 Å². The highest BCUT2D eigenvalue weighted by atomic mass is 16.7. The van der Waals surface area contributed by atoms with E-state index in [9.17, 15) is 5.11 Å². The van der Waals surface area contributed by atoms with Crippen molar-refractivity contribution in [2.24, 2.45) is 0 Å². The van der Waals surface area contributed by atoms with Gasteiger partial charge in [0.05, 0.1) is 18.9 Å². The number of ether oxygens (including phenoxy) is 3. The molecule has 5 heteroatoms. The molecule has 0 bridgehead atoms. The van der Waals surface area contributed by atoms with E-state index >= 15 is 0 Å². The van der Waals surface area contributed by atoms with Crippen molar-refractivity contribution in [1.29, 1.82) is 0 Å². The first-order valence-electron chi connectivity index (χ1n) is 8.12. The van der Waals surface area contributed by atoms with Crippen molar-refractivity contribution in [1.82, 2.24) is 0 Å². The second-order valence-corrected chi connectivity index (χ2v) is 6.39. The van der Waals surface area contributed by atoms with Gasteiger partial charge in [-0.25, -0.2) is 0 Å². The van der Waals surface area contributed by atoms with Crippen LogP contribution in [0.5, 0.6) is 23.0 Å². The lowest BCUT2D eigenvalue weighted by Crippen LogP contribution is -3.09. The van der Waals surface area contributed by atoms with Gasteiger partial charge >= 0.3 is 0 Å². The minimum atomic E-state index is 0.193. The van der Waals surface area contributed by atoms with E-state index in [0.29, 0.717) is 5.75 Å². The Labute approximate surface area is 139 Å². The van der Waals surface area contributed by atoms with Gasteiger partial charge in [-0.1, -0.05) is 6.07 Å². The number of hydrogen-bond donors (Lipinski definition) is 2. The molecule has 0 spiro atoms. The van der Waals surface area contributed by atoms with Crippen LogP contribution in [0.2, 0.25) is 0 Å². The van der Waals surface area contributed by atoms with Crippen molar-refractivity contribution in [3.05, 3.63) is 45.8 Å². The first kappa shape index (κ1) is 13.7. The zero-order valence-electron chi connectivity index (χ0n) is 13.3. The van der Waals surface area contributed by atoms with E-state index in [1.54, 1.807) is 7.11 Å². The van der Waals surface area contributed by atoms with Gasteiger partial charge in [-0.05, 0) is 35.1 Å². The van der Waals surface area contributed by atoms with E-state index in [1.807, 2.05) is 18.2 Å². The summed E-state index contributed by atoms with van der Waals surface area (Å²) >= 11 is 0. The summed E-state index contributed by atoms with van der Waals surface area (Å²) in [5.41, 5.74) is 2.40. The average molecular weight is 324 g/mol. The van der Waals surface area contributed by atoms with Gasteiger partial charge in [-0.15, -0.1) is 0 Å². The maximum atomic E-state index is 10.2. The van der Waals surface area contributed by atoms with Gasteiger partial charge in [0.1, 0.15) is 12.2 Å². The molecular formula is C19H18NO4+. The Morgan fingerprint density at radius 1 is 1.25 bits per heavy atom. The smallest absolute Gasteiger partial charge is 0.231 e. The zero-order valence-corrected chi connectivity index (χ0v) is 13.3. The molecule has 24 heavy (non-hydrogen) atoms. The van der Waals surface area contributed by atoms with Gasteiger partial charge in [0.2, 0.25) is 6.79 Å². The van der Waals surface area contributed by atoms with E-state index < -0.39 is 0 Å². The summed E-state index contributed by atoms with van der Waals surface area (Å²) in [5, 5.41) is 12.4. The largest absolute Gasteiger partial charge is 0.504 e. The average Bonchev–Trinajstić information content (AvgIpc) is 3.09. The van der Waals surface area contributed by atoms with Crippen LogP contribution in [0, 0.1) is 0 Å². The maximum absolute atomic E-state index is 10.2. The third-order valence-corrected chi connectivity index (χ3v) is 5.15. The van der Waals surface area contributed by atoms with Crippen LogP contribution in [0.15, 0.2) is 24.3 Å². The van der Waals surface area contributed by atoms with Crippen LogP contribution >= 0.6 is 0 Å². The molecule has 3 aliphatic heterocycles. The second-order valence-electron chi connectivity index (χ2n) is 6.39. The Morgan fingerprint density at radius 2 is 2.17 bits per heavy atom. The van der Waals surface area contributed by atoms with Crippen molar-refractivity contribution >= 4 is 12.3 Å². The SMILES string of the molecule is COc1cc2c(cc1O)C1C=c3ccc4c(c3=C[NH+]1CC2)OCO4. The van der Waals surface area contributed by atoms with Crippen LogP contribution in [0.25, 0.3) is 12.3 Å². The number of aromatic hydroxyl groups is 1. The van der Waals surface area contributed by atoms with Gasteiger partial charge in [0.25, 0.3) is 0 Å². The summed E-state index contributed by atoms with van der Waals surface area (Å²) in [6, 6.07) is 8.04. The van der Waals surface area contributed by atoms with Crippen molar-refractivity contribution in [3.8, 4) is 23.0 Å². The zero-order chi connectivity index (χ0) is 16.3. The van der Waals surface area contributed by atoms with Crippen molar-refractivity contribution in [2.75, 3.05) is 20.4 Å². The third kappa shape index (κ3) is 1.85. The molecule has 0 amide bonds. The van der Waals surface area contributed by atoms with Crippen LogP contribution in [-0.4, -0.2) is 25.6 Å². The van der Waals surface area contributed by atoms with Crippen molar-refractivity contribution < 1.29 is 24.2 Å². The van der Waals surface area contributed by atoms with Crippen LogP contribution in [0.4, 0.5) is 0 Å². The molecule has 2 N–H and O–H groups in total. The quantitative estimate of drug-likeness (QED) is 0.766. The second kappa shape index (κ2) is 4.92. The molecular weight excluding hydrogens is 306 g/mol. The molecule has 0 aliphatic carbocycles. The van der Waals surface area contributed by atoms with E-state index in [-0.39, 0.29) is 18.6 Å². The van der Waals surface area contributed by atoms with Gasteiger partial charge in [-0.2, -0.15) is 0 Å². The lowest BCUT2D eigenvalue weighted by atomic mass is 9.90. The molecule has 0 radical (unpaired) electrons. The van der Waals surface area contributed by atoms with Crippen LogP contribution in [0.3, 0.4) is 0 Å². The predicted octanol–water partition coefficient (Wildman–Crippen LogP) is -0.156. The normalized spacial score (nSPS) is 22.5. The maximum Gasteiger partial charge on any atom is 0.231 e. The number of quaternary nitrogens is 1. The van der Waals surface area contributed by atoms with Crippen LogP contribution in [0.1, 0.15) is 17.2 Å². The molecule has 0 saturated carbocycles. The molecule has 5 rings (SSSR count). The molecule has 2 aromatic carbocycles. The number of benzene rings is 2. The minimum absolute atomic E-state index is 0.193. The highest BCUT2D eigenvalue weighted by molar-refractivity contribution is 5.55. The van der Waals surface area contributed by atoms with Gasteiger partial charge < -0.3 is 19.3 Å². The third-order valence-electron chi connectivity index (χ3n) is 5.15. The van der Waals surface area contributed by atoms with Gasteiger partial charge in [-0.3, -0.25) is 4.90 Å². The van der Waals surface area contributed by atoms with E-state index in [0.717, 1.165) is 40.5 Å². The number of methoxy groups -OCH3 is 1. The molecule has 3 heterocycles. The number of phenolic OH excluding ortho intramolecular Hbond substituents is 1. The molecule has 2 unspecified atom stereocenters. The number of hydrogen-bond acceptors (Lipinski definition) is 4. The summed E-state index contributed by atoms with van der Waals surface area (Å²) in [7, 11) is 1.58. The molecule has 0 aromatic heterocycles. The van der Waals surface area contributed by atoms with Crippen molar-refractivity contribution in [3.63, 3.8) is 0 Å². The monoisotopic (exact) mass is 324 g/mol. The summed E-state index contributed by atoms with van der Waals surface area (Å²) in [4.78, 5) is 1.35. The van der Waals surface area contributed by atoms with Crippen molar-refractivity contribution in [2.45, 2.75) is 12.5 Å². The Bertz CT molecular complexity index is 966. The molecule has 122 valence electrons. The standard InChI is InChI=1S/C19H17NO4/c1-22-18-7-12-4-5-20-9-14-11(2-3-17-19(14)24-10-23-17)6-15(20)13(12)8-16(18)21/h2-3,6-9,15,21H,4-5,10H2,1H3/p+1. The molecule has 0 fully saturated rings.